The van der Waals surface area contributed by atoms with Gasteiger partial charge in [0.2, 0.25) is 0 Å². The van der Waals surface area contributed by atoms with Crippen LogP contribution in [0.25, 0.3) is 0 Å². The molecule has 8 nitrogen and oxygen atoms in total. The average molecular weight is 387 g/mol. The molecule has 0 unspecified atom stereocenters. The van der Waals surface area contributed by atoms with E-state index in [0.29, 0.717) is 36.2 Å². The molecule has 0 saturated carbocycles. The lowest BCUT2D eigenvalue weighted by Crippen LogP contribution is -2.30. The largest absolute Gasteiger partial charge is 0.290 e. The van der Waals surface area contributed by atoms with Gasteiger partial charge in [0.15, 0.2) is 0 Å². The number of nitrogens with one attached hydrogen (secondary N) is 1. The summed E-state index contributed by atoms with van der Waals surface area (Å²) in [4.78, 5) is 35.9. The summed E-state index contributed by atoms with van der Waals surface area (Å²) < 4.78 is 0. The van der Waals surface area contributed by atoms with E-state index in [-0.39, 0.29) is 22.5 Å². The summed E-state index contributed by atoms with van der Waals surface area (Å²) >= 11 is 5.75. The number of hydrogen-bond acceptors (Lipinski definition) is 6. The van der Waals surface area contributed by atoms with Gasteiger partial charge in [0.1, 0.15) is 5.02 Å². The third kappa shape index (κ3) is 3.95. The number of nitro groups is 1. The Hall–Kier alpha value is -3.26. The number of nitrogens with zero attached hydrogens (tertiary/aromatic N) is 3. The third-order valence-corrected chi connectivity index (χ3v) is 4.34. The van der Waals surface area contributed by atoms with Gasteiger partial charge in [0.25, 0.3) is 17.5 Å². The Morgan fingerprint density at radius 3 is 2.44 bits per heavy atom. The second-order valence-electron chi connectivity index (χ2n) is 5.80. The van der Waals surface area contributed by atoms with Gasteiger partial charge in [-0.2, -0.15) is 5.10 Å². The van der Waals surface area contributed by atoms with Gasteiger partial charge in [-0.15, -0.1) is 0 Å². The van der Waals surface area contributed by atoms with Gasteiger partial charge >= 0.3 is 0 Å². The first-order chi connectivity index (χ1) is 13.0. The second kappa shape index (κ2) is 7.96. The Morgan fingerprint density at radius 2 is 1.81 bits per heavy atom. The molecule has 0 saturated heterocycles. The summed E-state index contributed by atoms with van der Waals surface area (Å²) in [6, 6.07) is 11.0. The minimum Gasteiger partial charge on any atom is -0.279 e. The van der Waals surface area contributed by atoms with Gasteiger partial charge in [-0.3, -0.25) is 30.0 Å². The van der Waals surface area contributed by atoms with E-state index in [1.807, 2.05) is 0 Å². The Labute approximate surface area is 159 Å². The van der Waals surface area contributed by atoms with Crippen molar-refractivity contribution in [2.75, 3.05) is 12.0 Å². The molecule has 1 aliphatic heterocycles. The zero-order valence-corrected chi connectivity index (χ0v) is 14.8. The van der Waals surface area contributed by atoms with Gasteiger partial charge in [-0.25, -0.2) is 0 Å². The molecular weight excluding hydrogens is 372 g/mol. The minimum absolute atomic E-state index is 0.0514. The highest BCUT2D eigenvalue weighted by molar-refractivity contribution is 6.32. The van der Waals surface area contributed by atoms with Crippen LogP contribution in [0, 0.1) is 10.1 Å². The number of fused-ring (bicyclic) bond motifs is 1. The van der Waals surface area contributed by atoms with E-state index in [4.69, 9.17) is 11.6 Å². The molecule has 0 radical (unpaired) electrons. The molecule has 0 bridgehead atoms. The molecule has 27 heavy (non-hydrogen) atoms. The summed E-state index contributed by atoms with van der Waals surface area (Å²) in [5, 5.41) is 14.9. The number of imide groups is 1. The van der Waals surface area contributed by atoms with Crippen LogP contribution < -0.4 is 5.43 Å². The zero-order valence-electron chi connectivity index (χ0n) is 14.1. The fraction of sp³-hybridized carbons (Fsp3) is 0.167. The Morgan fingerprint density at radius 1 is 1.15 bits per heavy atom. The summed E-state index contributed by atoms with van der Waals surface area (Å²) in [6.07, 6.45) is 2.66. The van der Waals surface area contributed by atoms with Gasteiger partial charge in [-0.05, 0) is 37.1 Å². The molecule has 9 heteroatoms. The average Bonchev–Trinajstić information content (AvgIpc) is 2.90. The molecule has 1 aliphatic rings. The van der Waals surface area contributed by atoms with Crippen LogP contribution >= 0.6 is 11.6 Å². The first kappa shape index (κ1) is 18.5. The molecule has 2 aromatic carbocycles. The van der Waals surface area contributed by atoms with Crippen molar-refractivity contribution in [2.24, 2.45) is 5.10 Å². The Bertz CT molecular complexity index is 910. The molecule has 138 valence electrons. The lowest BCUT2D eigenvalue weighted by molar-refractivity contribution is -0.384. The van der Waals surface area contributed by atoms with Crippen molar-refractivity contribution in [3.05, 3.63) is 68.7 Å². The van der Waals surface area contributed by atoms with Crippen LogP contribution in [0.3, 0.4) is 0 Å². The fourth-order valence-electron chi connectivity index (χ4n) is 2.69. The normalized spacial score (nSPS) is 13.3. The highest BCUT2D eigenvalue weighted by Crippen LogP contribution is 2.27. The van der Waals surface area contributed by atoms with Crippen LogP contribution in [0.5, 0.6) is 0 Å². The van der Waals surface area contributed by atoms with Crippen LogP contribution in [-0.2, 0) is 0 Å². The summed E-state index contributed by atoms with van der Waals surface area (Å²) in [5.41, 5.74) is 3.78. The summed E-state index contributed by atoms with van der Waals surface area (Å²) in [5.74, 6) is -0.557. The van der Waals surface area contributed by atoms with E-state index in [1.165, 1.54) is 17.0 Å². The van der Waals surface area contributed by atoms with Crippen LogP contribution in [0.2, 0.25) is 5.02 Å². The number of nitro benzene ring substituents is 1. The molecule has 1 N–H and O–H groups in total. The van der Waals surface area contributed by atoms with Gasteiger partial charge in [0.05, 0.1) is 21.7 Å². The molecule has 0 atom stereocenters. The fourth-order valence-corrected chi connectivity index (χ4v) is 2.88. The molecule has 0 aliphatic carbocycles. The molecular formula is C18H15ClN4O4. The van der Waals surface area contributed by atoms with E-state index in [9.17, 15) is 19.7 Å². The number of amides is 2. The van der Waals surface area contributed by atoms with Crippen LogP contribution in [0.1, 0.15) is 33.6 Å². The van der Waals surface area contributed by atoms with Crippen LogP contribution in [-0.4, -0.2) is 34.4 Å². The van der Waals surface area contributed by atoms with Crippen LogP contribution in [0.4, 0.5) is 11.4 Å². The van der Waals surface area contributed by atoms with Crippen molar-refractivity contribution in [3.63, 3.8) is 0 Å². The summed E-state index contributed by atoms with van der Waals surface area (Å²) in [6.45, 7) is 0.296. The lowest BCUT2D eigenvalue weighted by atomic mass is 10.1. The Kier molecular flexibility index (Phi) is 5.46. The van der Waals surface area contributed by atoms with Crippen molar-refractivity contribution in [3.8, 4) is 0 Å². The molecule has 0 spiro atoms. The van der Waals surface area contributed by atoms with Gasteiger partial charge < -0.3 is 0 Å². The third-order valence-electron chi connectivity index (χ3n) is 4.02. The maximum atomic E-state index is 12.2. The van der Waals surface area contributed by atoms with Gasteiger partial charge in [0, 0.05) is 18.8 Å². The molecule has 0 fully saturated rings. The van der Waals surface area contributed by atoms with E-state index < -0.39 is 4.92 Å². The number of carbonyl (C=O) groups is 2. The van der Waals surface area contributed by atoms with Crippen molar-refractivity contribution in [1.29, 1.82) is 0 Å². The van der Waals surface area contributed by atoms with Crippen molar-refractivity contribution in [1.82, 2.24) is 4.90 Å². The molecule has 1 heterocycles. The highest BCUT2D eigenvalue weighted by Gasteiger charge is 2.34. The molecule has 3 rings (SSSR count). The van der Waals surface area contributed by atoms with Crippen molar-refractivity contribution < 1.29 is 14.5 Å². The predicted octanol–water partition coefficient (Wildman–Crippen LogP) is 3.72. The second-order valence-corrected chi connectivity index (χ2v) is 6.20. The SMILES string of the molecule is O=C1c2ccccc2C(=O)N1CCC/C=N\Nc1ccc(Cl)c([N+](=O)[O-])c1. The standard InChI is InChI=1S/C18H15ClN4O4/c19-15-8-7-12(11-16(15)23(26)27)21-20-9-3-4-10-22-17(24)13-5-1-2-6-14(13)18(22)25/h1-2,5-9,11,21H,3-4,10H2/b20-9-. The van der Waals surface area contributed by atoms with Crippen molar-refractivity contribution in [2.45, 2.75) is 12.8 Å². The maximum Gasteiger partial charge on any atom is 0.290 e. The quantitative estimate of drug-likeness (QED) is 0.256. The number of hydrogen-bond donors (Lipinski definition) is 1. The van der Waals surface area contributed by atoms with E-state index >= 15 is 0 Å². The predicted molar refractivity (Wildman–Crippen MR) is 101 cm³/mol. The zero-order chi connectivity index (χ0) is 19.4. The number of halogens is 1. The first-order valence-corrected chi connectivity index (χ1v) is 8.53. The van der Waals surface area contributed by atoms with Gasteiger partial charge in [-0.1, -0.05) is 23.7 Å². The monoisotopic (exact) mass is 386 g/mol. The van der Waals surface area contributed by atoms with E-state index in [2.05, 4.69) is 10.5 Å². The first-order valence-electron chi connectivity index (χ1n) is 8.15. The van der Waals surface area contributed by atoms with E-state index in [0.717, 1.165) is 0 Å². The number of rotatable bonds is 7. The van der Waals surface area contributed by atoms with Crippen molar-refractivity contribution >= 4 is 41.0 Å². The highest BCUT2D eigenvalue weighted by atomic mass is 35.5. The lowest BCUT2D eigenvalue weighted by Gasteiger charge is -2.12. The van der Waals surface area contributed by atoms with E-state index in [1.54, 1.807) is 36.5 Å². The number of hydrazone groups is 1. The molecule has 0 aromatic heterocycles. The van der Waals surface area contributed by atoms with Crippen LogP contribution in [0.15, 0.2) is 47.6 Å². The summed E-state index contributed by atoms with van der Waals surface area (Å²) in [7, 11) is 0. The molecule has 2 amide bonds. The number of anilines is 1. The minimum atomic E-state index is -0.570. The smallest absolute Gasteiger partial charge is 0.279 e. The molecule has 2 aromatic rings. The topological polar surface area (TPSA) is 105 Å². The Balaban J connectivity index is 1.49. The number of carbonyl (C=O) groups excluding carboxylic acids is 2. The number of unbranched alkanes of at least 4 members (excludes halogenated alkanes) is 1. The maximum absolute atomic E-state index is 12.2. The number of benzene rings is 2.